The number of benzene rings is 1. The van der Waals surface area contributed by atoms with E-state index in [4.69, 9.17) is 10.8 Å². The van der Waals surface area contributed by atoms with Crippen molar-refractivity contribution >= 4 is 42.3 Å². The number of carbonyl (C=O) groups is 5. The number of amides is 3. The quantitative estimate of drug-likeness (QED) is 0.160. The average Bonchev–Trinajstić information content (AvgIpc) is 2.79. The number of hydrogen-bond donors (Lipinski definition) is 7. The van der Waals surface area contributed by atoms with E-state index >= 15 is 0 Å². The lowest BCUT2D eigenvalue weighted by atomic mass is 10.0. The molecule has 0 aliphatic carbocycles. The molecule has 3 amide bonds. The first-order valence-corrected chi connectivity index (χ1v) is 11.8. The molecule has 0 bridgehead atoms. The maximum absolute atomic E-state index is 13.1. The Morgan fingerprint density at radius 1 is 0.886 bits per heavy atom. The number of carboxylic acids is 2. The van der Waals surface area contributed by atoms with Crippen molar-refractivity contribution < 1.29 is 34.2 Å². The van der Waals surface area contributed by atoms with Crippen LogP contribution in [0.25, 0.3) is 0 Å². The summed E-state index contributed by atoms with van der Waals surface area (Å²) in [4.78, 5) is 60.8. The van der Waals surface area contributed by atoms with E-state index in [9.17, 15) is 29.1 Å². The van der Waals surface area contributed by atoms with Crippen LogP contribution in [-0.2, 0) is 30.4 Å². The summed E-state index contributed by atoms with van der Waals surface area (Å²) in [6.07, 6.45) is -0.244. The van der Waals surface area contributed by atoms with Crippen molar-refractivity contribution in [3.63, 3.8) is 0 Å². The Morgan fingerprint density at radius 2 is 1.43 bits per heavy atom. The first kappa shape index (κ1) is 29.9. The third kappa shape index (κ3) is 11.2. The van der Waals surface area contributed by atoms with Gasteiger partial charge in [0.15, 0.2) is 0 Å². The molecule has 0 saturated carbocycles. The molecule has 0 heterocycles. The lowest BCUT2D eigenvalue weighted by Gasteiger charge is -2.25. The van der Waals surface area contributed by atoms with Gasteiger partial charge in [-0.3, -0.25) is 19.2 Å². The highest BCUT2D eigenvalue weighted by Crippen LogP contribution is 2.08. The summed E-state index contributed by atoms with van der Waals surface area (Å²) in [5, 5.41) is 25.6. The summed E-state index contributed by atoms with van der Waals surface area (Å²) in [6.45, 7) is 3.76. The van der Waals surface area contributed by atoms with Gasteiger partial charge in [0.2, 0.25) is 17.7 Å². The van der Waals surface area contributed by atoms with Crippen molar-refractivity contribution in [2.24, 2.45) is 11.7 Å². The van der Waals surface area contributed by atoms with E-state index in [2.05, 4.69) is 28.6 Å². The maximum Gasteiger partial charge on any atom is 0.327 e. The van der Waals surface area contributed by atoms with Crippen LogP contribution in [0.4, 0.5) is 0 Å². The van der Waals surface area contributed by atoms with Crippen LogP contribution in [0.1, 0.15) is 38.7 Å². The molecule has 7 N–H and O–H groups in total. The molecular weight excluding hydrogens is 476 g/mol. The molecule has 1 rings (SSSR count). The van der Waals surface area contributed by atoms with E-state index in [0.717, 1.165) is 0 Å². The number of rotatable bonds is 15. The monoisotopic (exact) mass is 510 g/mol. The summed E-state index contributed by atoms with van der Waals surface area (Å²) in [7, 11) is 0. The van der Waals surface area contributed by atoms with Gasteiger partial charge in [-0.05, 0) is 24.3 Å². The Labute approximate surface area is 209 Å². The van der Waals surface area contributed by atoms with Crippen molar-refractivity contribution in [2.75, 3.05) is 5.75 Å². The van der Waals surface area contributed by atoms with Gasteiger partial charge in [-0.2, -0.15) is 12.6 Å². The van der Waals surface area contributed by atoms with Crippen LogP contribution >= 0.6 is 12.6 Å². The third-order valence-corrected chi connectivity index (χ3v) is 5.42. The van der Waals surface area contributed by atoms with Crippen molar-refractivity contribution in [2.45, 2.75) is 63.7 Å². The lowest BCUT2D eigenvalue weighted by molar-refractivity contribution is -0.141. The van der Waals surface area contributed by atoms with Gasteiger partial charge in [0.05, 0.1) is 6.04 Å². The van der Waals surface area contributed by atoms with Crippen molar-refractivity contribution in [1.82, 2.24) is 16.0 Å². The van der Waals surface area contributed by atoms with Gasteiger partial charge < -0.3 is 31.9 Å². The molecule has 0 aliphatic heterocycles. The normalized spacial score (nSPS) is 14.3. The first-order valence-electron chi connectivity index (χ1n) is 11.2. The highest BCUT2D eigenvalue weighted by Gasteiger charge is 2.30. The lowest BCUT2D eigenvalue weighted by Crippen LogP contribution is -2.58. The van der Waals surface area contributed by atoms with Crippen LogP contribution in [-0.4, -0.2) is 69.8 Å². The molecule has 0 saturated heterocycles. The van der Waals surface area contributed by atoms with E-state index in [1.54, 1.807) is 30.3 Å². The summed E-state index contributed by atoms with van der Waals surface area (Å²) < 4.78 is 0. The zero-order valence-corrected chi connectivity index (χ0v) is 20.7. The Hall–Kier alpha value is -3.12. The van der Waals surface area contributed by atoms with Gasteiger partial charge in [-0.25, -0.2) is 4.79 Å². The molecule has 0 radical (unpaired) electrons. The fourth-order valence-electron chi connectivity index (χ4n) is 3.22. The van der Waals surface area contributed by atoms with Gasteiger partial charge in [0.25, 0.3) is 0 Å². The molecule has 4 unspecified atom stereocenters. The average molecular weight is 511 g/mol. The van der Waals surface area contributed by atoms with Gasteiger partial charge >= 0.3 is 11.9 Å². The van der Waals surface area contributed by atoms with E-state index in [0.29, 0.717) is 12.0 Å². The van der Waals surface area contributed by atoms with Crippen LogP contribution < -0.4 is 21.7 Å². The maximum atomic E-state index is 13.1. The molecule has 0 aliphatic rings. The fraction of sp³-hybridized carbons (Fsp3) is 0.522. The molecule has 12 heteroatoms. The van der Waals surface area contributed by atoms with Gasteiger partial charge in [-0.1, -0.05) is 44.2 Å². The van der Waals surface area contributed by atoms with Crippen LogP contribution in [0.3, 0.4) is 0 Å². The van der Waals surface area contributed by atoms with Gasteiger partial charge in [0, 0.05) is 18.6 Å². The molecule has 0 spiro atoms. The summed E-state index contributed by atoms with van der Waals surface area (Å²) in [5.41, 5.74) is 6.58. The number of carbonyl (C=O) groups excluding carboxylic acids is 3. The minimum absolute atomic E-state index is 0.0315. The second kappa shape index (κ2) is 15.0. The second-order valence-electron chi connectivity index (χ2n) is 8.56. The van der Waals surface area contributed by atoms with Crippen LogP contribution in [0, 0.1) is 5.92 Å². The minimum Gasteiger partial charge on any atom is -0.481 e. The van der Waals surface area contributed by atoms with Gasteiger partial charge in [-0.15, -0.1) is 0 Å². The second-order valence-corrected chi connectivity index (χ2v) is 8.93. The highest BCUT2D eigenvalue weighted by molar-refractivity contribution is 7.80. The number of nitrogens with one attached hydrogen (secondary N) is 3. The van der Waals surface area contributed by atoms with Crippen LogP contribution in [0.5, 0.6) is 0 Å². The minimum atomic E-state index is -1.29. The molecule has 0 fully saturated rings. The molecule has 35 heavy (non-hydrogen) atoms. The summed E-state index contributed by atoms with van der Waals surface area (Å²) in [6, 6.07) is 4.09. The smallest absolute Gasteiger partial charge is 0.327 e. The molecule has 1 aromatic carbocycles. The third-order valence-electron chi connectivity index (χ3n) is 5.05. The molecular formula is C23H34N4O7S. The number of thiol groups is 1. The topological polar surface area (TPSA) is 188 Å². The summed E-state index contributed by atoms with van der Waals surface area (Å²) >= 11 is 3.93. The Balaban J connectivity index is 3.09. The van der Waals surface area contributed by atoms with E-state index in [-0.39, 0.29) is 24.5 Å². The zero-order chi connectivity index (χ0) is 26.5. The highest BCUT2D eigenvalue weighted by atomic mass is 32.1. The number of aliphatic carboxylic acids is 2. The molecule has 4 atom stereocenters. The predicted molar refractivity (Wildman–Crippen MR) is 132 cm³/mol. The number of nitrogens with two attached hydrogens (primary N) is 1. The fourth-order valence-corrected chi connectivity index (χ4v) is 3.47. The molecule has 1 aromatic rings. The van der Waals surface area contributed by atoms with Crippen LogP contribution in [0.15, 0.2) is 30.3 Å². The standard InChI is InChI=1S/C23H34N4O7S/c1-13(2)10-15(24)20(30)25-16(8-9-19(28)29)21(31)26-17(11-14-6-4-3-5-7-14)22(32)27-18(12-35)23(33)34/h3-7,13,15-18,35H,8-12,24H2,1-2H3,(H,25,30)(H,26,31)(H,27,32)(H,28,29)(H,33,34). The Bertz CT molecular complexity index is 882. The SMILES string of the molecule is CC(C)CC(N)C(=O)NC(CCC(=O)O)C(=O)NC(Cc1ccccc1)C(=O)NC(CS)C(=O)O. The zero-order valence-electron chi connectivity index (χ0n) is 19.8. The van der Waals surface area contributed by atoms with E-state index < -0.39 is 60.2 Å². The first-order chi connectivity index (χ1) is 16.4. The van der Waals surface area contributed by atoms with E-state index in [1.807, 2.05) is 13.8 Å². The van der Waals surface area contributed by atoms with Crippen molar-refractivity contribution in [3.8, 4) is 0 Å². The number of carboxylic acid groups (broad SMARTS) is 2. The van der Waals surface area contributed by atoms with Crippen molar-refractivity contribution in [1.29, 1.82) is 0 Å². The van der Waals surface area contributed by atoms with E-state index in [1.165, 1.54) is 0 Å². The molecule has 0 aromatic heterocycles. The largest absolute Gasteiger partial charge is 0.481 e. The Kier molecular flexibility index (Phi) is 12.8. The van der Waals surface area contributed by atoms with Crippen molar-refractivity contribution in [3.05, 3.63) is 35.9 Å². The molecule has 194 valence electrons. The van der Waals surface area contributed by atoms with Crippen LogP contribution in [0.2, 0.25) is 0 Å². The number of hydrogen-bond acceptors (Lipinski definition) is 7. The Morgan fingerprint density at radius 3 is 1.94 bits per heavy atom. The predicted octanol–water partition coefficient (Wildman–Crippen LogP) is -0.0639. The molecule has 11 nitrogen and oxygen atoms in total. The summed E-state index contributed by atoms with van der Waals surface area (Å²) in [5.74, 6) is -4.67. The van der Waals surface area contributed by atoms with Gasteiger partial charge in [0.1, 0.15) is 18.1 Å².